The zero-order chi connectivity index (χ0) is 10.0. The lowest BCUT2D eigenvalue weighted by molar-refractivity contribution is -0.0150. The van der Waals surface area contributed by atoms with Crippen LogP contribution < -0.4 is 5.32 Å². The molecule has 0 spiro atoms. The van der Waals surface area contributed by atoms with Crippen LogP contribution >= 0.6 is 0 Å². The molecule has 0 bridgehead atoms. The van der Waals surface area contributed by atoms with Crippen molar-refractivity contribution in [2.75, 3.05) is 13.2 Å². The molecule has 1 aliphatic rings. The normalized spacial score (nSPS) is 42.2. The molecule has 78 valence electrons. The van der Waals surface area contributed by atoms with Gasteiger partial charge >= 0.3 is 0 Å². The van der Waals surface area contributed by atoms with Crippen molar-refractivity contribution in [1.82, 2.24) is 5.32 Å². The molecule has 1 rings (SSSR count). The van der Waals surface area contributed by atoms with Gasteiger partial charge in [0.25, 0.3) is 0 Å². The van der Waals surface area contributed by atoms with Gasteiger partial charge in [-0.3, -0.25) is 0 Å². The number of hydrogen-bond donors (Lipinski definition) is 6. The molecule has 1 fully saturated rings. The molecule has 0 radical (unpaired) electrons. The van der Waals surface area contributed by atoms with E-state index in [0.717, 1.165) is 0 Å². The van der Waals surface area contributed by atoms with Crippen LogP contribution in [0.5, 0.6) is 0 Å². The zero-order valence-corrected chi connectivity index (χ0v) is 7.04. The first-order valence-electron chi connectivity index (χ1n) is 4.13. The summed E-state index contributed by atoms with van der Waals surface area (Å²) in [6, 6.07) is -1.45. The summed E-state index contributed by atoms with van der Waals surface area (Å²) >= 11 is 0. The predicted molar refractivity (Wildman–Crippen MR) is 42.9 cm³/mol. The molecule has 1 aliphatic heterocycles. The quantitative estimate of drug-likeness (QED) is 0.276. The average Bonchev–Trinajstić information content (AvgIpc) is 2.43. The van der Waals surface area contributed by atoms with Gasteiger partial charge in [0.1, 0.15) is 0 Å². The number of hydrogen-bond acceptors (Lipinski definition) is 6. The van der Waals surface area contributed by atoms with Crippen molar-refractivity contribution in [3.63, 3.8) is 0 Å². The predicted octanol–water partition coefficient (Wildman–Crippen LogP) is -3.61. The molecule has 1 heterocycles. The minimum absolute atomic E-state index is 0.327. The van der Waals surface area contributed by atoms with Crippen LogP contribution in [0.25, 0.3) is 0 Å². The molecule has 0 aliphatic carbocycles. The van der Waals surface area contributed by atoms with Gasteiger partial charge in [0, 0.05) is 0 Å². The van der Waals surface area contributed by atoms with Crippen molar-refractivity contribution >= 4 is 0 Å². The fraction of sp³-hybridized carbons (Fsp3) is 1.00. The lowest BCUT2D eigenvalue weighted by atomic mass is 10.0. The van der Waals surface area contributed by atoms with Crippen molar-refractivity contribution < 1.29 is 25.5 Å². The number of aliphatic hydroxyl groups excluding tert-OH is 5. The van der Waals surface area contributed by atoms with E-state index < -0.39 is 37.0 Å². The second-order valence-electron chi connectivity index (χ2n) is 3.21. The minimum Gasteiger partial charge on any atom is -0.395 e. The van der Waals surface area contributed by atoms with Crippen LogP contribution in [0.1, 0.15) is 0 Å². The second kappa shape index (κ2) is 4.32. The van der Waals surface area contributed by atoms with E-state index in [4.69, 9.17) is 10.2 Å². The first-order chi connectivity index (χ1) is 6.11. The first-order valence-corrected chi connectivity index (χ1v) is 4.13. The smallest absolute Gasteiger partial charge is 0.0994 e. The van der Waals surface area contributed by atoms with Crippen LogP contribution in [0, 0.1) is 0 Å². The van der Waals surface area contributed by atoms with Crippen LogP contribution in [-0.4, -0.2) is 69.1 Å². The molecule has 0 aromatic carbocycles. The topological polar surface area (TPSA) is 113 Å². The van der Waals surface area contributed by atoms with Crippen molar-refractivity contribution in [2.45, 2.75) is 30.4 Å². The summed E-state index contributed by atoms with van der Waals surface area (Å²) in [5.41, 5.74) is 0. The molecule has 6 heteroatoms. The lowest BCUT2D eigenvalue weighted by Gasteiger charge is -2.19. The van der Waals surface area contributed by atoms with Gasteiger partial charge in [-0.15, -0.1) is 0 Å². The van der Waals surface area contributed by atoms with Crippen molar-refractivity contribution in [3.8, 4) is 0 Å². The van der Waals surface area contributed by atoms with E-state index >= 15 is 0 Å². The highest BCUT2D eigenvalue weighted by Crippen LogP contribution is 2.16. The van der Waals surface area contributed by atoms with E-state index in [1.54, 1.807) is 0 Å². The largest absolute Gasteiger partial charge is 0.395 e. The van der Waals surface area contributed by atoms with Crippen LogP contribution in [0.4, 0.5) is 0 Å². The fourth-order valence-corrected chi connectivity index (χ4v) is 1.51. The standard InChI is InChI=1S/C7H15NO5/c9-1-3-6(12)7(13)5(8-3)4(11)2-10/h3-13H,1-2H2/t3-,4?,5+,6+,7-/m0/s1. The van der Waals surface area contributed by atoms with Crippen LogP contribution in [0.15, 0.2) is 0 Å². The Balaban J connectivity index is 2.60. The maximum atomic E-state index is 9.37. The summed E-state index contributed by atoms with van der Waals surface area (Å²) in [5, 5.41) is 47.9. The first kappa shape index (κ1) is 10.8. The van der Waals surface area contributed by atoms with Gasteiger partial charge < -0.3 is 30.8 Å². The van der Waals surface area contributed by atoms with Gasteiger partial charge in [-0.1, -0.05) is 0 Å². The summed E-state index contributed by atoms with van der Waals surface area (Å²) in [6.07, 6.45) is -3.42. The van der Waals surface area contributed by atoms with Gasteiger partial charge in [-0.05, 0) is 0 Å². The fourth-order valence-electron chi connectivity index (χ4n) is 1.51. The summed E-state index contributed by atoms with van der Waals surface area (Å²) in [6.45, 7) is -0.827. The zero-order valence-electron chi connectivity index (χ0n) is 7.04. The van der Waals surface area contributed by atoms with Gasteiger partial charge in [0.15, 0.2) is 0 Å². The SMILES string of the molecule is OCC(O)[C@H]1N[C@@H](CO)[C@@H](O)[C@H]1O. The maximum absolute atomic E-state index is 9.37. The van der Waals surface area contributed by atoms with Crippen LogP contribution in [0.2, 0.25) is 0 Å². The van der Waals surface area contributed by atoms with Gasteiger partial charge in [-0.2, -0.15) is 0 Å². The van der Waals surface area contributed by atoms with E-state index in [1.165, 1.54) is 0 Å². The molecule has 0 amide bonds. The highest BCUT2D eigenvalue weighted by Gasteiger charge is 2.43. The van der Waals surface area contributed by atoms with E-state index in [0.29, 0.717) is 0 Å². The monoisotopic (exact) mass is 193 g/mol. The summed E-state index contributed by atoms with van der Waals surface area (Å²) in [7, 11) is 0. The van der Waals surface area contributed by atoms with Gasteiger partial charge in [-0.25, -0.2) is 0 Å². The Hall–Kier alpha value is -0.240. The molecule has 6 nitrogen and oxygen atoms in total. The van der Waals surface area contributed by atoms with Gasteiger partial charge in [0.05, 0.1) is 43.6 Å². The Kier molecular flexibility index (Phi) is 3.60. The van der Waals surface area contributed by atoms with E-state index in [2.05, 4.69) is 5.32 Å². The minimum atomic E-state index is -1.17. The molecule has 5 atom stereocenters. The maximum Gasteiger partial charge on any atom is 0.0994 e. The highest BCUT2D eigenvalue weighted by atomic mass is 16.3. The van der Waals surface area contributed by atoms with Crippen molar-refractivity contribution in [1.29, 1.82) is 0 Å². The third-order valence-electron chi connectivity index (χ3n) is 2.33. The van der Waals surface area contributed by atoms with Crippen molar-refractivity contribution in [2.24, 2.45) is 0 Å². The van der Waals surface area contributed by atoms with Crippen LogP contribution in [0.3, 0.4) is 0 Å². The molecule has 1 unspecified atom stereocenters. The summed E-state index contributed by atoms with van der Waals surface area (Å²) in [4.78, 5) is 0. The van der Waals surface area contributed by atoms with E-state index in [1.807, 2.05) is 0 Å². The van der Waals surface area contributed by atoms with Crippen molar-refractivity contribution in [3.05, 3.63) is 0 Å². The average molecular weight is 193 g/mol. The molecule has 0 aromatic rings. The Bertz CT molecular complexity index is 167. The van der Waals surface area contributed by atoms with E-state index in [-0.39, 0.29) is 6.61 Å². The Morgan fingerprint density at radius 3 is 2.15 bits per heavy atom. The third kappa shape index (κ3) is 1.98. The number of nitrogens with one attached hydrogen (secondary N) is 1. The molecular weight excluding hydrogens is 178 g/mol. The number of aliphatic hydroxyl groups is 5. The lowest BCUT2D eigenvalue weighted by Crippen LogP contribution is -2.45. The van der Waals surface area contributed by atoms with Crippen LogP contribution in [-0.2, 0) is 0 Å². The van der Waals surface area contributed by atoms with E-state index in [9.17, 15) is 15.3 Å². The molecule has 6 N–H and O–H groups in total. The molecule has 0 saturated carbocycles. The molecular formula is C7H15NO5. The summed E-state index contributed by atoms with van der Waals surface area (Å²) in [5.74, 6) is 0. The molecule has 13 heavy (non-hydrogen) atoms. The Morgan fingerprint density at radius 1 is 1.15 bits per heavy atom. The second-order valence-corrected chi connectivity index (χ2v) is 3.21. The van der Waals surface area contributed by atoms with Gasteiger partial charge in [0.2, 0.25) is 0 Å². The molecule has 0 aromatic heterocycles. The Morgan fingerprint density at radius 2 is 1.77 bits per heavy atom. The summed E-state index contributed by atoms with van der Waals surface area (Å²) < 4.78 is 0. The number of rotatable bonds is 3. The molecule has 1 saturated heterocycles. The Labute approximate surface area is 75.4 Å². The third-order valence-corrected chi connectivity index (χ3v) is 2.33. The highest BCUT2D eigenvalue weighted by molar-refractivity contribution is 5.00.